The lowest BCUT2D eigenvalue weighted by Crippen LogP contribution is -2.28. The van der Waals surface area contributed by atoms with Crippen molar-refractivity contribution in [3.05, 3.63) is 29.8 Å². The Kier molecular flexibility index (Phi) is 5.66. The van der Waals surface area contributed by atoms with Gasteiger partial charge in [0.1, 0.15) is 0 Å². The number of benzene rings is 1. The zero-order valence-corrected chi connectivity index (χ0v) is 12.5. The first-order valence-electron chi connectivity index (χ1n) is 7.07. The van der Waals surface area contributed by atoms with Gasteiger partial charge in [-0.25, -0.2) is 21.9 Å². The van der Waals surface area contributed by atoms with Gasteiger partial charge in [-0.1, -0.05) is 12.1 Å². The lowest BCUT2D eigenvalue weighted by Gasteiger charge is -2.07. The van der Waals surface area contributed by atoms with E-state index in [-0.39, 0.29) is 4.90 Å². The average molecular weight is 318 g/mol. The highest BCUT2D eigenvalue weighted by atomic mass is 32.2. The van der Waals surface area contributed by atoms with E-state index in [4.69, 9.17) is 0 Å². The Hall–Kier alpha value is -1.05. The van der Waals surface area contributed by atoms with Crippen molar-refractivity contribution in [3.8, 4) is 0 Å². The first-order valence-corrected chi connectivity index (χ1v) is 8.56. The van der Waals surface area contributed by atoms with Crippen LogP contribution < -0.4 is 10.0 Å². The van der Waals surface area contributed by atoms with E-state index in [1.54, 1.807) is 12.1 Å². The number of rotatable bonds is 9. The first kappa shape index (κ1) is 16.3. The first-order chi connectivity index (χ1) is 9.97. The summed E-state index contributed by atoms with van der Waals surface area (Å²) >= 11 is 0. The second kappa shape index (κ2) is 7.29. The zero-order valence-electron chi connectivity index (χ0n) is 11.7. The van der Waals surface area contributed by atoms with E-state index in [2.05, 4.69) is 5.32 Å². The van der Waals surface area contributed by atoms with E-state index in [1.807, 2.05) is 4.72 Å². The van der Waals surface area contributed by atoms with Gasteiger partial charge in [-0.05, 0) is 49.9 Å². The van der Waals surface area contributed by atoms with Crippen LogP contribution >= 0.6 is 0 Å². The molecular formula is C14H20F2N2O2S. The molecule has 0 amide bonds. The summed E-state index contributed by atoms with van der Waals surface area (Å²) in [5.41, 5.74) is 1.04. The van der Waals surface area contributed by atoms with Crippen molar-refractivity contribution in [1.29, 1.82) is 0 Å². The lowest BCUT2D eigenvalue weighted by atomic mass is 10.1. The van der Waals surface area contributed by atoms with Crippen molar-refractivity contribution < 1.29 is 17.2 Å². The van der Waals surface area contributed by atoms with Gasteiger partial charge in [-0.3, -0.25) is 0 Å². The highest BCUT2D eigenvalue weighted by molar-refractivity contribution is 7.89. The molecule has 1 saturated carbocycles. The third-order valence-electron chi connectivity index (χ3n) is 3.31. The number of alkyl halides is 2. The lowest BCUT2D eigenvalue weighted by molar-refractivity contribution is 0.153. The van der Waals surface area contributed by atoms with Gasteiger partial charge in [0.2, 0.25) is 10.0 Å². The van der Waals surface area contributed by atoms with Gasteiger partial charge >= 0.3 is 0 Å². The van der Waals surface area contributed by atoms with Crippen LogP contribution in [0.1, 0.15) is 24.8 Å². The molecule has 2 rings (SSSR count). The number of hydrogen-bond donors (Lipinski definition) is 2. The molecule has 1 aromatic carbocycles. The van der Waals surface area contributed by atoms with Crippen LogP contribution in [-0.4, -0.2) is 34.0 Å². The van der Waals surface area contributed by atoms with E-state index in [1.165, 1.54) is 25.0 Å². The molecule has 1 aliphatic rings. The molecule has 0 bridgehead atoms. The number of nitrogens with one attached hydrogen (secondary N) is 2. The third-order valence-corrected chi connectivity index (χ3v) is 4.75. The van der Waals surface area contributed by atoms with Gasteiger partial charge in [-0.15, -0.1) is 0 Å². The Morgan fingerprint density at radius 1 is 1.19 bits per heavy atom. The Bertz CT molecular complexity index is 543. The van der Waals surface area contributed by atoms with E-state index < -0.39 is 23.0 Å². The average Bonchev–Trinajstić information content (AvgIpc) is 3.26. The summed E-state index contributed by atoms with van der Waals surface area (Å²) in [6, 6.07) is 7.07. The Labute approximate surface area is 124 Å². The quantitative estimate of drug-likeness (QED) is 0.684. The summed E-state index contributed by atoms with van der Waals surface area (Å²) in [5.74, 6) is 0. The van der Waals surface area contributed by atoms with Gasteiger partial charge in [-0.2, -0.15) is 0 Å². The molecule has 0 heterocycles. The monoisotopic (exact) mass is 318 g/mol. The van der Waals surface area contributed by atoms with Gasteiger partial charge in [0.15, 0.2) is 0 Å². The maximum absolute atomic E-state index is 12.0. The number of halogens is 2. The van der Waals surface area contributed by atoms with E-state index in [0.29, 0.717) is 6.04 Å². The molecule has 0 spiro atoms. The zero-order chi connectivity index (χ0) is 15.3. The second-order valence-corrected chi connectivity index (χ2v) is 6.99. The van der Waals surface area contributed by atoms with Crippen LogP contribution in [0.5, 0.6) is 0 Å². The fourth-order valence-electron chi connectivity index (χ4n) is 1.98. The Balaban J connectivity index is 1.82. The normalized spacial score (nSPS) is 15.6. The molecule has 0 atom stereocenters. The van der Waals surface area contributed by atoms with Gasteiger partial charge in [0.25, 0.3) is 6.43 Å². The molecule has 0 saturated heterocycles. The maximum Gasteiger partial charge on any atom is 0.251 e. The van der Waals surface area contributed by atoms with Crippen molar-refractivity contribution >= 4 is 10.0 Å². The molecule has 21 heavy (non-hydrogen) atoms. The molecule has 0 aromatic heterocycles. The van der Waals surface area contributed by atoms with Crippen molar-refractivity contribution in [3.63, 3.8) is 0 Å². The largest absolute Gasteiger partial charge is 0.314 e. The molecular weight excluding hydrogens is 298 g/mol. The highest BCUT2D eigenvalue weighted by Gasteiger charge is 2.19. The fourth-order valence-corrected chi connectivity index (χ4v) is 2.98. The van der Waals surface area contributed by atoms with Crippen LogP contribution in [0.3, 0.4) is 0 Å². The molecule has 1 aliphatic carbocycles. The molecule has 7 heteroatoms. The number of hydrogen-bond acceptors (Lipinski definition) is 3. The summed E-state index contributed by atoms with van der Waals surface area (Å²) < 4.78 is 49.4. The Morgan fingerprint density at radius 3 is 2.43 bits per heavy atom. The summed E-state index contributed by atoms with van der Waals surface area (Å²) in [7, 11) is -3.84. The van der Waals surface area contributed by atoms with Crippen LogP contribution in [0.4, 0.5) is 8.78 Å². The fraction of sp³-hybridized carbons (Fsp3) is 0.571. The molecule has 0 radical (unpaired) electrons. The van der Waals surface area contributed by atoms with Crippen LogP contribution in [0.15, 0.2) is 29.2 Å². The minimum Gasteiger partial charge on any atom is -0.314 e. The predicted octanol–water partition coefficient (Wildman–Crippen LogP) is 1.91. The van der Waals surface area contributed by atoms with Gasteiger partial charge in [0.05, 0.1) is 11.4 Å². The van der Waals surface area contributed by atoms with Crippen LogP contribution in [0.25, 0.3) is 0 Å². The minimum atomic E-state index is -3.84. The highest BCUT2D eigenvalue weighted by Crippen LogP contribution is 2.18. The smallest absolute Gasteiger partial charge is 0.251 e. The molecule has 4 nitrogen and oxygen atoms in total. The van der Waals surface area contributed by atoms with Crippen LogP contribution in [0, 0.1) is 0 Å². The van der Waals surface area contributed by atoms with Crippen LogP contribution in [-0.2, 0) is 16.4 Å². The van der Waals surface area contributed by atoms with Gasteiger partial charge in [0, 0.05) is 6.04 Å². The van der Waals surface area contributed by atoms with Crippen molar-refractivity contribution in [2.45, 2.75) is 43.0 Å². The van der Waals surface area contributed by atoms with E-state index >= 15 is 0 Å². The summed E-state index contributed by atoms with van der Waals surface area (Å²) in [6.07, 6.45) is 1.69. The molecule has 0 unspecified atom stereocenters. The molecule has 118 valence electrons. The molecule has 1 aromatic rings. The van der Waals surface area contributed by atoms with Crippen LogP contribution in [0.2, 0.25) is 0 Å². The standard InChI is InChI=1S/C14H20F2N2O2S/c15-14(16)10-18-21(19,20)13-7-3-11(4-8-13)2-1-9-17-12-5-6-12/h3-4,7-8,12,14,17-18H,1-2,5-6,9-10H2. The van der Waals surface area contributed by atoms with E-state index in [9.17, 15) is 17.2 Å². The number of aryl methyl sites for hydroxylation is 1. The maximum atomic E-state index is 12.0. The minimum absolute atomic E-state index is 0.0167. The SMILES string of the molecule is O=S(=O)(NCC(F)F)c1ccc(CCCNC2CC2)cc1. The molecule has 1 fully saturated rings. The van der Waals surface area contributed by atoms with Gasteiger partial charge < -0.3 is 5.32 Å². The molecule has 2 N–H and O–H groups in total. The van der Waals surface area contributed by atoms with E-state index in [0.717, 1.165) is 24.9 Å². The second-order valence-electron chi connectivity index (χ2n) is 5.22. The predicted molar refractivity (Wildman–Crippen MR) is 77.0 cm³/mol. The third kappa shape index (κ3) is 5.68. The summed E-state index contributed by atoms with van der Waals surface area (Å²) in [5, 5.41) is 3.41. The summed E-state index contributed by atoms with van der Waals surface area (Å²) in [4.78, 5) is 0.0167. The molecule has 0 aliphatic heterocycles. The topological polar surface area (TPSA) is 58.2 Å². The van der Waals surface area contributed by atoms with Crippen molar-refractivity contribution in [2.24, 2.45) is 0 Å². The van der Waals surface area contributed by atoms with Crippen molar-refractivity contribution in [2.75, 3.05) is 13.1 Å². The number of sulfonamides is 1. The van der Waals surface area contributed by atoms with Crippen molar-refractivity contribution in [1.82, 2.24) is 10.0 Å². The summed E-state index contributed by atoms with van der Waals surface area (Å²) in [6.45, 7) is 0.0948. The Morgan fingerprint density at radius 2 is 1.86 bits per heavy atom.